The van der Waals surface area contributed by atoms with Gasteiger partial charge in [-0.3, -0.25) is 9.69 Å². The average Bonchev–Trinajstić information content (AvgIpc) is 2.89. The molecular formula is C28H35NO7. The van der Waals surface area contributed by atoms with E-state index in [4.69, 9.17) is 28.4 Å². The molecule has 0 atom stereocenters. The normalized spacial score (nSPS) is 16.2. The lowest BCUT2D eigenvalue weighted by atomic mass is 9.94. The van der Waals surface area contributed by atoms with Crippen LogP contribution in [0.15, 0.2) is 35.4 Å². The Morgan fingerprint density at radius 3 is 1.31 bits per heavy atom. The molecule has 0 aromatic heterocycles. The maximum atomic E-state index is 13.6. The lowest BCUT2D eigenvalue weighted by Crippen LogP contribution is -2.38. The molecule has 0 unspecified atom stereocenters. The predicted molar refractivity (Wildman–Crippen MR) is 140 cm³/mol. The van der Waals surface area contributed by atoms with Crippen LogP contribution in [0, 0.1) is 0 Å². The van der Waals surface area contributed by atoms with E-state index in [1.54, 1.807) is 42.7 Å². The van der Waals surface area contributed by atoms with Gasteiger partial charge in [0.1, 0.15) is 0 Å². The van der Waals surface area contributed by atoms with Crippen LogP contribution >= 0.6 is 0 Å². The molecule has 8 nitrogen and oxygen atoms in total. The predicted octanol–water partition coefficient (Wildman–Crippen LogP) is 4.50. The molecule has 0 spiro atoms. The second-order valence-electron chi connectivity index (χ2n) is 8.30. The number of carbonyl (C=O) groups excluding carboxylic acids is 1. The molecule has 8 heteroatoms. The molecule has 2 aromatic rings. The number of Topliss-reactive ketones (excluding diaryl/α,β-unsaturated/α-hetero) is 1. The summed E-state index contributed by atoms with van der Waals surface area (Å²) < 4.78 is 32.8. The third-order valence-corrected chi connectivity index (χ3v) is 5.97. The highest BCUT2D eigenvalue weighted by Gasteiger charge is 2.26. The first-order chi connectivity index (χ1) is 17.4. The van der Waals surface area contributed by atoms with E-state index in [1.165, 1.54) is 0 Å². The fourth-order valence-electron chi connectivity index (χ4n) is 4.36. The smallest absolute Gasteiger partial charge is 0.203 e. The summed E-state index contributed by atoms with van der Waals surface area (Å²) in [6, 6.07) is 7.35. The number of benzene rings is 2. The van der Waals surface area contributed by atoms with Crippen molar-refractivity contribution in [2.24, 2.45) is 0 Å². The number of rotatable bonds is 10. The van der Waals surface area contributed by atoms with E-state index in [0.717, 1.165) is 24.1 Å². The molecule has 1 aliphatic heterocycles. The van der Waals surface area contributed by atoms with E-state index in [2.05, 4.69) is 11.8 Å². The molecule has 194 valence electrons. The lowest BCUT2D eigenvalue weighted by Gasteiger charge is -2.29. The Balaban J connectivity index is 2.07. The third kappa shape index (κ3) is 5.76. The van der Waals surface area contributed by atoms with Crippen LogP contribution in [0.25, 0.3) is 12.2 Å². The van der Waals surface area contributed by atoms with Crippen LogP contribution in [0.1, 0.15) is 24.5 Å². The molecule has 0 saturated carbocycles. The molecule has 1 heterocycles. The SMILES string of the molecule is CCCN1C/C(=C\c2cc(OC)c(OC)c(OC)c2)C(=O)/C(=C/c2cc(OC)c(OC)c(OC)c2)C1. The second kappa shape index (κ2) is 12.4. The number of ketones is 1. The number of hydrogen-bond donors (Lipinski definition) is 0. The van der Waals surface area contributed by atoms with Crippen molar-refractivity contribution in [1.82, 2.24) is 4.90 Å². The second-order valence-corrected chi connectivity index (χ2v) is 8.30. The number of nitrogens with zero attached hydrogens (tertiary/aromatic N) is 1. The monoisotopic (exact) mass is 497 g/mol. The summed E-state index contributed by atoms with van der Waals surface area (Å²) in [6.45, 7) is 4.10. The summed E-state index contributed by atoms with van der Waals surface area (Å²) >= 11 is 0. The van der Waals surface area contributed by atoms with Crippen LogP contribution < -0.4 is 28.4 Å². The topological polar surface area (TPSA) is 75.7 Å². The van der Waals surface area contributed by atoms with E-state index in [9.17, 15) is 4.79 Å². The molecule has 0 bridgehead atoms. The number of carbonyl (C=O) groups is 1. The zero-order valence-electron chi connectivity index (χ0n) is 22.1. The van der Waals surface area contributed by atoms with Crippen molar-refractivity contribution in [3.63, 3.8) is 0 Å². The molecule has 3 rings (SSSR count). The number of ether oxygens (including phenoxy) is 6. The highest BCUT2D eigenvalue weighted by Crippen LogP contribution is 2.40. The molecule has 1 aliphatic rings. The van der Waals surface area contributed by atoms with Gasteiger partial charge in [-0.25, -0.2) is 0 Å². The Morgan fingerprint density at radius 1 is 0.667 bits per heavy atom. The molecular weight excluding hydrogens is 462 g/mol. The minimum atomic E-state index is -0.00939. The summed E-state index contributed by atoms with van der Waals surface area (Å²) in [5, 5.41) is 0. The summed E-state index contributed by atoms with van der Waals surface area (Å²) in [5.74, 6) is 3.14. The zero-order valence-corrected chi connectivity index (χ0v) is 22.1. The Kier molecular flexibility index (Phi) is 9.25. The standard InChI is InChI=1S/C28H35NO7/c1-8-9-29-16-20(10-18-12-22(31-2)27(35-6)23(13-18)32-3)26(30)21(17-29)11-19-14-24(33-4)28(36-7)25(15-19)34-5/h10-15H,8-9,16-17H2,1-7H3/b20-10+,21-11+. The summed E-state index contributed by atoms with van der Waals surface area (Å²) in [4.78, 5) is 15.9. The average molecular weight is 498 g/mol. The van der Waals surface area contributed by atoms with Crippen molar-refractivity contribution in [1.29, 1.82) is 0 Å². The van der Waals surface area contributed by atoms with Gasteiger partial charge in [0, 0.05) is 24.2 Å². The maximum absolute atomic E-state index is 13.6. The van der Waals surface area contributed by atoms with Crippen LogP contribution in [-0.4, -0.2) is 73.0 Å². The van der Waals surface area contributed by atoms with Crippen LogP contribution in [0.2, 0.25) is 0 Å². The van der Waals surface area contributed by atoms with Gasteiger partial charge < -0.3 is 28.4 Å². The number of hydrogen-bond acceptors (Lipinski definition) is 8. The largest absolute Gasteiger partial charge is 0.493 e. The van der Waals surface area contributed by atoms with Crippen molar-refractivity contribution >= 4 is 17.9 Å². The van der Waals surface area contributed by atoms with E-state index in [-0.39, 0.29) is 5.78 Å². The third-order valence-electron chi connectivity index (χ3n) is 5.97. The minimum absolute atomic E-state index is 0.00939. The van der Waals surface area contributed by atoms with Gasteiger partial charge >= 0.3 is 0 Å². The van der Waals surface area contributed by atoms with Crippen LogP contribution in [-0.2, 0) is 4.79 Å². The summed E-state index contributed by atoms with van der Waals surface area (Å²) in [6.07, 6.45) is 4.75. The van der Waals surface area contributed by atoms with Crippen molar-refractivity contribution in [3.05, 3.63) is 46.5 Å². The molecule has 0 aliphatic carbocycles. The van der Waals surface area contributed by atoms with Gasteiger partial charge in [-0.1, -0.05) is 6.92 Å². The number of methoxy groups -OCH3 is 6. The molecule has 1 saturated heterocycles. The highest BCUT2D eigenvalue weighted by atomic mass is 16.5. The molecule has 2 aromatic carbocycles. The number of likely N-dealkylation sites (tertiary alicyclic amines) is 1. The highest BCUT2D eigenvalue weighted by molar-refractivity contribution is 6.14. The Labute approximate surface area is 213 Å². The summed E-state index contributed by atoms with van der Waals surface area (Å²) in [7, 11) is 9.41. The molecule has 1 fully saturated rings. The lowest BCUT2D eigenvalue weighted by molar-refractivity contribution is -0.113. The first kappa shape index (κ1) is 26.9. The van der Waals surface area contributed by atoms with Gasteiger partial charge in [0.15, 0.2) is 28.8 Å². The maximum Gasteiger partial charge on any atom is 0.203 e. The fourth-order valence-corrected chi connectivity index (χ4v) is 4.36. The van der Waals surface area contributed by atoms with Gasteiger partial charge in [-0.15, -0.1) is 0 Å². The fraction of sp³-hybridized carbons (Fsp3) is 0.393. The van der Waals surface area contributed by atoms with Crippen molar-refractivity contribution < 1.29 is 33.2 Å². The van der Waals surface area contributed by atoms with Gasteiger partial charge in [-0.05, 0) is 60.5 Å². The molecule has 0 amide bonds. The molecule has 36 heavy (non-hydrogen) atoms. The number of piperidine rings is 1. The quantitative estimate of drug-likeness (QED) is 0.444. The van der Waals surface area contributed by atoms with E-state index >= 15 is 0 Å². The first-order valence-corrected chi connectivity index (χ1v) is 11.7. The first-order valence-electron chi connectivity index (χ1n) is 11.7. The zero-order chi connectivity index (χ0) is 26.2. The Hall–Kier alpha value is -3.65. The minimum Gasteiger partial charge on any atom is -0.493 e. The van der Waals surface area contributed by atoms with Gasteiger partial charge in [0.25, 0.3) is 0 Å². The molecule has 0 radical (unpaired) electrons. The Bertz CT molecular complexity index is 1020. The van der Waals surface area contributed by atoms with E-state index in [0.29, 0.717) is 58.7 Å². The van der Waals surface area contributed by atoms with Crippen molar-refractivity contribution in [3.8, 4) is 34.5 Å². The van der Waals surface area contributed by atoms with Crippen molar-refractivity contribution in [2.75, 3.05) is 62.3 Å². The molecule has 0 N–H and O–H groups in total. The van der Waals surface area contributed by atoms with Crippen LogP contribution in [0.3, 0.4) is 0 Å². The van der Waals surface area contributed by atoms with Gasteiger partial charge in [0.05, 0.1) is 42.7 Å². The van der Waals surface area contributed by atoms with E-state index < -0.39 is 0 Å². The Morgan fingerprint density at radius 2 is 1.03 bits per heavy atom. The van der Waals surface area contributed by atoms with Crippen LogP contribution in [0.5, 0.6) is 34.5 Å². The van der Waals surface area contributed by atoms with Gasteiger partial charge in [0.2, 0.25) is 11.5 Å². The summed E-state index contributed by atoms with van der Waals surface area (Å²) in [5.41, 5.74) is 2.95. The van der Waals surface area contributed by atoms with Crippen LogP contribution in [0.4, 0.5) is 0 Å². The van der Waals surface area contributed by atoms with Gasteiger partial charge in [-0.2, -0.15) is 0 Å². The van der Waals surface area contributed by atoms with Crippen molar-refractivity contribution in [2.45, 2.75) is 13.3 Å². The van der Waals surface area contributed by atoms with E-state index in [1.807, 2.05) is 36.4 Å².